The molecule has 1 aliphatic heterocycles. The van der Waals surface area contributed by atoms with Gasteiger partial charge >= 0.3 is 0 Å². The molecule has 3 aromatic rings. The van der Waals surface area contributed by atoms with Crippen LogP contribution in [0.5, 0.6) is 0 Å². The highest BCUT2D eigenvalue weighted by molar-refractivity contribution is 6.46. The van der Waals surface area contributed by atoms with Crippen LogP contribution in [0.2, 0.25) is 0 Å². The maximum absolute atomic E-state index is 13.6. The van der Waals surface area contributed by atoms with E-state index in [1.54, 1.807) is 36.2 Å². The molecule has 0 fully saturated rings. The molecule has 152 valence electrons. The van der Waals surface area contributed by atoms with Crippen LogP contribution < -0.4 is 9.80 Å². The molecule has 0 unspecified atom stereocenters. The van der Waals surface area contributed by atoms with Crippen molar-refractivity contribution in [1.82, 2.24) is 0 Å². The van der Waals surface area contributed by atoms with Gasteiger partial charge in [-0.15, -0.1) is 0 Å². The molecule has 5 heteroatoms. The largest absolute Gasteiger partial charge is 0.339 e. The minimum absolute atomic E-state index is 0.323. The lowest BCUT2D eigenvalue weighted by Crippen LogP contribution is -2.34. The van der Waals surface area contributed by atoms with Crippen LogP contribution in [0.3, 0.4) is 0 Å². The van der Waals surface area contributed by atoms with Crippen molar-refractivity contribution in [2.45, 2.75) is 13.8 Å². The first-order chi connectivity index (χ1) is 14.9. The van der Waals surface area contributed by atoms with Gasteiger partial charge in [-0.25, -0.2) is 4.90 Å². The minimum atomic E-state index is -0.394. The molecule has 0 aromatic heterocycles. The molecule has 0 aliphatic carbocycles. The van der Waals surface area contributed by atoms with E-state index < -0.39 is 5.91 Å². The second-order valence-electron chi connectivity index (χ2n) is 7.52. The molecule has 4 rings (SSSR count). The number of likely N-dealkylation sites (N-methyl/N-ethyl adjacent to an activating group) is 1. The Hall–Kier alpha value is -4.17. The molecule has 0 atom stereocenters. The zero-order chi connectivity index (χ0) is 22.1. The van der Waals surface area contributed by atoms with Gasteiger partial charge in [-0.3, -0.25) is 9.59 Å². The van der Waals surface area contributed by atoms with Crippen molar-refractivity contribution in [3.05, 3.63) is 101 Å². The minimum Gasteiger partial charge on any atom is -0.339 e. The van der Waals surface area contributed by atoms with E-state index in [4.69, 9.17) is 5.26 Å². The molecule has 0 saturated heterocycles. The lowest BCUT2D eigenvalue weighted by molar-refractivity contribution is -0.120. The van der Waals surface area contributed by atoms with Crippen LogP contribution >= 0.6 is 0 Å². The molecule has 0 N–H and O–H groups in total. The summed E-state index contributed by atoms with van der Waals surface area (Å²) >= 11 is 0. The van der Waals surface area contributed by atoms with E-state index in [9.17, 15) is 9.59 Å². The number of hydrogen-bond donors (Lipinski definition) is 0. The number of aryl methyl sites for hydroxylation is 2. The number of nitrogens with zero attached hydrogens (tertiary/aromatic N) is 3. The van der Waals surface area contributed by atoms with Gasteiger partial charge in [-0.1, -0.05) is 36.4 Å². The molecule has 0 bridgehead atoms. The van der Waals surface area contributed by atoms with Crippen LogP contribution in [0.4, 0.5) is 11.4 Å². The fourth-order valence-electron chi connectivity index (χ4n) is 3.69. The summed E-state index contributed by atoms with van der Waals surface area (Å²) in [5.74, 6) is -0.773. The van der Waals surface area contributed by atoms with E-state index in [1.165, 1.54) is 4.90 Å². The van der Waals surface area contributed by atoms with E-state index in [0.717, 1.165) is 16.8 Å². The molecule has 31 heavy (non-hydrogen) atoms. The van der Waals surface area contributed by atoms with Gasteiger partial charge in [0.05, 0.1) is 22.9 Å². The summed E-state index contributed by atoms with van der Waals surface area (Å²) in [5.41, 5.74) is 5.26. The van der Waals surface area contributed by atoms with Crippen LogP contribution in [0.15, 0.2) is 78.5 Å². The number of hydrogen-bond acceptors (Lipinski definition) is 4. The summed E-state index contributed by atoms with van der Waals surface area (Å²) < 4.78 is 0. The summed E-state index contributed by atoms with van der Waals surface area (Å²) in [6, 6.07) is 23.8. The average molecular weight is 407 g/mol. The second-order valence-corrected chi connectivity index (χ2v) is 7.52. The lowest BCUT2D eigenvalue weighted by atomic mass is 9.99. The summed E-state index contributed by atoms with van der Waals surface area (Å²) in [6.07, 6.45) is 0. The van der Waals surface area contributed by atoms with Crippen LogP contribution in [-0.4, -0.2) is 18.9 Å². The Morgan fingerprint density at radius 3 is 2.13 bits per heavy atom. The predicted molar refractivity (Wildman–Crippen MR) is 121 cm³/mol. The first-order valence-electron chi connectivity index (χ1n) is 9.92. The normalized spacial score (nSPS) is 13.5. The maximum Gasteiger partial charge on any atom is 0.282 e. The monoisotopic (exact) mass is 407 g/mol. The number of anilines is 2. The third kappa shape index (κ3) is 3.49. The van der Waals surface area contributed by atoms with Gasteiger partial charge in [-0.2, -0.15) is 5.26 Å². The lowest BCUT2D eigenvalue weighted by Gasteiger charge is -2.21. The van der Waals surface area contributed by atoms with E-state index in [1.807, 2.05) is 62.4 Å². The topological polar surface area (TPSA) is 64.4 Å². The Balaban J connectivity index is 1.88. The Morgan fingerprint density at radius 1 is 0.839 bits per heavy atom. The summed E-state index contributed by atoms with van der Waals surface area (Å²) in [7, 11) is 1.79. The van der Waals surface area contributed by atoms with Gasteiger partial charge in [-0.05, 0) is 66.9 Å². The van der Waals surface area contributed by atoms with Crippen molar-refractivity contribution in [3.63, 3.8) is 0 Å². The fourth-order valence-corrected chi connectivity index (χ4v) is 3.69. The molecule has 0 saturated carbocycles. The highest BCUT2D eigenvalue weighted by Crippen LogP contribution is 2.36. The molecule has 2 amide bonds. The molecule has 0 radical (unpaired) electrons. The quantitative estimate of drug-likeness (QED) is 0.593. The van der Waals surface area contributed by atoms with Crippen molar-refractivity contribution in [2.24, 2.45) is 0 Å². The first-order valence-corrected chi connectivity index (χ1v) is 9.92. The number of benzene rings is 3. The molecule has 3 aromatic carbocycles. The molecular weight excluding hydrogens is 386 g/mol. The number of para-hydroxylation sites is 1. The zero-order valence-corrected chi connectivity index (χ0v) is 17.6. The highest BCUT2D eigenvalue weighted by Gasteiger charge is 2.42. The van der Waals surface area contributed by atoms with Crippen molar-refractivity contribution < 1.29 is 9.59 Å². The van der Waals surface area contributed by atoms with Crippen LogP contribution in [-0.2, 0) is 9.59 Å². The van der Waals surface area contributed by atoms with Crippen LogP contribution in [0.1, 0.15) is 22.3 Å². The molecule has 0 spiro atoms. The number of carbonyl (C=O) groups is 2. The third-order valence-electron chi connectivity index (χ3n) is 5.59. The smallest absolute Gasteiger partial charge is 0.282 e. The van der Waals surface area contributed by atoms with Gasteiger partial charge in [0.25, 0.3) is 11.8 Å². The van der Waals surface area contributed by atoms with Gasteiger partial charge in [0.1, 0.15) is 5.70 Å². The van der Waals surface area contributed by atoms with E-state index in [2.05, 4.69) is 6.07 Å². The highest BCUT2D eigenvalue weighted by atomic mass is 16.2. The standard InChI is InChI=1S/C26H21N3O2/c1-17-9-12-20(15-18(17)2)23-24(28(3)21-7-5-4-6-8-21)26(31)29(25(23)30)22-13-10-19(16-27)11-14-22/h4-15H,1-3H3. The molecule has 5 nitrogen and oxygen atoms in total. The van der Waals surface area contributed by atoms with Crippen molar-refractivity contribution in [3.8, 4) is 6.07 Å². The van der Waals surface area contributed by atoms with Crippen LogP contribution in [0.25, 0.3) is 5.57 Å². The zero-order valence-electron chi connectivity index (χ0n) is 17.6. The maximum atomic E-state index is 13.6. The van der Waals surface area contributed by atoms with Gasteiger partial charge < -0.3 is 4.90 Å². The summed E-state index contributed by atoms with van der Waals surface area (Å²) in [5, 5.41) is 9.07. The Labute approximate surface area is 181 Å². The van der Waals surface area contributed by atoms with Gasteiger partial charge in [0.2, 0.25) is 0 Å². The second kappa shape index (κ2) is 7.92. The van der Waals surface area contributed by atoms with Crippen molar-refractivity contribution in [1.29, 1.82) is 5.26 Å². The van der Waals surface area contributed by atoms with E-state index >= 15 is 0 Å². The number of rotatable bonds is 4. The van der Waals surface area contributed by atoms with E-state index in [0.29, 0.717) is 28.1 Å². The van der Waals surface area contributed by atoms with Crippen molar-refractivity contribution >= 4 is 28.8 Å². The number of carbonyl (C=O) groups excluding carboxylic acids is 2. The van der Waals surface area contributed by atoms with Crippen LogP contribution in [0, 0.1) is 25.2 Å². The summed E-state index contributed by atoms with van der Waals surface area (Å²) in [4.78, 5) is 30.1. The number of imide groups is 1. The number of amides is 2. The fraction of sp³-hybridized carbons (Fsp3) is 0.115. The molecule has 1 aliphatic rings. The predicted octanol–water partition coefficient (Wildman–Crippen LogP) is 4.60. The SMILES string of the molecule is Cc1ccc(C2=C(N(C)c3ccccc3)C(=O)N(c3ccc(C#N)cc3)C2=O)cc1C. The van der Waals surface area contributed by atoms with E-state index in [-0.39, 0.29) is 5.91 Å². The Kier molecular flexibility index (Phi) is 5.14. The molecule has 1 heterocycles. The Morgan fingerprint density at radius 2 is 1.52 bits per heavy atom. The average Bonchev–Trinajstić information content (AvgIpc) is 3.05. The number of nitriles is 1. The van der Waals surface area contributed by atoms with Crippen molar-refractivity contribution in [2.75, 3.05) is 16.8 Å². The summed E-state index contributed by atoms with van der Waals surface area (Å²) in [6.45, 7) is 3.99. The Bertz CT molecular complexity index is 1250. The third-order valence-corrected chi connectivity index (χ3v) is 5.59. The first kappa shape index (κ1) is 20.1. The van der Waals surface area contributed by atoms with Gasteiger partial charge in [0.15, 0.2) is 0 Å². The van der Waals surface area contributed by atoms with Gasteiger partial charge in [0, 0.05) is 12.7 Å². The molecular formula is C26H21N3O2.